The zero-order valence-electron chi connectivity index (χ0n) is 25.5. The summed E-state index contributed by atoms with van der Waals surface area (Å²) in [6, 6.07) is 17.8. The summed E-state index contributed by atoms with van der Waals surface area (Å²) in [6.07, 6.45) is -10.2. The van der Waals surface area contributed by atoms with Crippen LogP contribution in [-0.4, -0.2) is 35.3 Å². The van der Waals surface area contributed by atoms with Crippen LogP contribution >= 0.6 is 0 Å². The number of alkyl halides is 6. The highest BCUT2D eigenvalue weighted by Gasteiger charge is 2.47. The van der Waals surface area contributed by atoms with Gasteiger partial charge in [0.2, 0.25) is 0 Å². The van der Waals surface area contributed by atoms with Gasteiger partial charge in [-0.2, -0.15) is 40.0 Å². The molecule has 1 aromatic heterocycles. The Morgan fingerprint density at radius 2 is 1.58 bits per heavy atom. The van der Waals surface area contributed by atoms with Gasteiger partial charge in [0.15, 0.2) is 0 Å². The van der Waals surface area contributed by atoms with Gasteiger partial charge in [-0.3, -0.25) is 4.57 Å². The number of ether oxygens (including phenoxy) is 1. The number of halogens is 6. The molecule has 48 heavy (non-hydrogen) atoms. The molecule has 3 aromatic carbocycles. The molecule has 5 rings (SSSR count). The van der Waals surface area contributed by atoms with Crippen LogP contribution in [0.4, 0.5) is 26.3 Å². The van der Waals surface area contributed by atoms with Gasteiger partial charge >= 0.3 is 18.0 Å². The highest BCUT2D eigenvalue weighted by atomic mass is 32.2. The molecule has 2 heterocycles. The van der Waals surface area contributed by atoms with E-state index in [1.54, 1.807) is 49.4 Å². The molecule has 3 atom stereocenters. The van der Waals surface area contributed by atoms with E-state index in [-0.39, 0.29) is 42.5 Å². The summed E-state index contributed by atoms with van der Waals surface area (Å²) < 4.78 is 115. The average molecular weight is 694 g/mol. The van der Waals surface area contributed by atoms with Crippen molar-refractivity contribution in [2.75, 3.05) is 13.2 Å². The van der Waals surface area contributed by atoms with Crippen molar-refractivity contribution in [3.63, 3.8) is 0 Å². The lowest BCUT2D eigenvalue weighted by Gasteiger charge is -2.45. The molecular weight excluding hydrogens is 664 g/mol. The van der Waals surface area contributed by atoms with Crippen LogP contribution in [0.5, 0.6) is 0 Å². The van der Waals surface area contributed by atoms with Gasteiger partial charge in [0, 0.05) is 6.54 Å². The van der Waals surface area contributed by atoms with Crippen LogP contribution in [-0.2, 0) is 38.2 Å². The molecule has 1 fully saturated rings. The Labute approximate surface area is 271 Å². The SMILES string of the molecule is Cc1ccc(S(=O)(=O)n2ncn([C@@]3(C#N)CC[C@@](CO[C@H](C)c4cc(C(F)(F)F)cc(C(F)(F)F)c4)(c4ccccc4)NC3)c2=O)cc1. The molecule has 0 saturated carbocycles. The predicted molar refractivity (Wildman–Crippen MR) is 160 cm³/mol. The number of rotatable bonds is 8. The van der Waals surface area contributed by atoms with E-state index < -0.39 is 56.4 Å². The van der Waals surface area contributed by atoms with Crippen LogP contribution in [0, 0.1) is 18.3 Å². The number of piperidine rings is 1. The van der Waals surface area contributed by atoms with Crippen LogP contribution in [0.15, 0.2) is 88.8 Å². The van der Waals surface area contributed by atoms with E-state index in [2.05, 4.69) is 16.5 Å². The van der Waals surface area contributed by atoms with Gasteiger partial charge in [0.1, 0.15) is 11.9 Å². The smallest absolute Gasteiger partial charge is 0.372 e. The number of aromatic nitrogens is 3. The van der Waals surface area contributed by atoms with Crippen molar-refractivity contribution in [1.82, 2.24) is 19.1 Å². The fraction of sp³-hybridized carbons (Fsp3) is 0.344. The molecule has 0 aliphatic carbocycles. The first-order valence-corrected chi connectivity index (χ1v) is 16.0. The monoisotopic (exact) mass is 693 g/mol. The molecule has 1 aliphatic heterocycles. The van der Waals surface area contributed by atoms with E-state index in [0.717, 1.165) is 16.5 Å². The van der Waals surface area contributed by atoms with E-state index in [1.807, 2.05) is 0 Å². The Hall–Kier alpha value is -4.46. The van der Waals surface area contributed by atoms with Gasteiger partial charge in [0.05, 0.1) is 40.3 Å². The number of hydrogen-bond donors (Lipinski definition) is 1. The van der Waals surface area contributed by atoms with Crippen LogP contribution in [0.2, 0.25) is 0 Å². The topological polar surface area (TPSA) is 119 Å². The summed E-state index contributed by atoms with van der Waals surface area (Å²) in [6.45, 7) is 2.64. The molecule has 0 amide bonds. The Morgan fingerprint density at radius 1 is 0.979 bits per heavy atom. The molecule has 0 unspecified atom stereocenters. The molecular formula is C32H29F6N5O4S. The first kappa shape index (κ1) is 34.9. The average Bonchev–Trinajstić information content (AvgIpc) is 3.46. The number of nitrogens with zero attached hydrogens (tertiary/aromatic N) is 4. The Kier molecular flexibility index (Phi) is 9.10. The second-order valence-corrected chi connectivity index (χ2v) is 13.4. The van der Waals surface area contributed by atoms with Gasteiger partial charge < -0.3 is 10.1 Å². The van der Waals surface area contributed by atoms with E-state index in [9.17, 15) is 44.8 Å². The number of aryl methyl sites for hydroxylation is 1. The number of nitriles is 1. The van der Waals surface area contributed by atoms with Crippen LogP contribution in [0.3, 0.4) is 0 Å². The molecule has 0 bridgehead atoms. The highest BCUT2D eigenvalue weighted by molar-refractivity contribution is 7.89. The van der Waals surface area contributed by atoms with E-state index in [4.69, 9.17) is 4.74 Å². The lowest BCUT2D eigenvalue weighted by molar-refractivity contribution is -0.143. The minimum atomic E-state index is -5.03. The van der Waals surface area contributed by atoms with Crippen molar-refractivity contribution in [2.45, 2.75) is 61.1 Å². The van der Waals surface area contributed by atoms with Crippen molar-refractivity contribution in [3.8, 4) is 6.07 Å². The van der Waals surface area contributed by atoms with E-state index in [0.29, 0.717) is 21.8 Å². The van der Waals surface area contributed by atoms with Crippen molar-refractivity contribution in [1.29, 1.82) is 5.26 Å². The third kappa shape index (κ3) is 6.62. The summed E-state index contributed by atoms with van der Waals surface area (Å²) in [5.74, 6) is 0. The van der Waals surface area contributed by atoms with Crippen molar-refractivity contribution < 1.29 is 39.5 Å². The van der Waals surface area contributed by atoms with Crippen molar-refractivity contribution in [3.05, 3.63) is 117 Å². The van der Waals surface area contributed by atoms with Gasteiger partial charge in [-0.15, -0.1) is 5.10 Å². The zero-order valence-corrected chi connectivity index (χ0v) is 26.3. The predicted octanol–water partition coefficient (Wildman–Crippen LogP) is 5.90. The van der Waals surface area contributed by atoms with Crippen LogP contribution < -0.4 is 11.0 Å². The standard InChI is InChI=1S/C32H29F6N5O4S/c1-21-8-10-27(11-9-21)48(45,46)43-28(44)42(20-41-43)29(17-39)12-13-30(40-18-29,24-6-4-3-5-7-24)19-47-22(2)23-14-25(31(33,34)35)16-26(15-23)32(36,37)38/h3-11,14-16,20,22,40H,12-13,18-19H2,1-2H3/t22-,29-,30-/m1/s1. The molecule has 1 N–H and O–H groups in total. The number of nitrogens with one attached hydrogen (secondary N) is 1. The Bertz CT molecular complexity index is 1960. The molecule has 0 radical (unpaired) electrons. The zero-order chi connectivity index (χ0) is 35.1. The molecule has 16 heteroatoms. The van der Waals surface area contributed by atoms with Crippen LogP contribution in [0.25, 0.3) is 0 Å². The van der Waals surface area contributed by atoms with Crippen molar-refractivity contribution in [2.24, 2.45) is 0 Å². The third-order valence-corrected chi connectivity index (χ3v) is 10.1. The van der Waals surface area contributed by atoms with Gasteiger partial charge in [-0.1, -0.05) is 52.1 Å². The Balaban J connectivity index is 1.44. The lowest BCUT2D eigenvalue weighted by atomic mass is 9.76. The van der Waals surface area contributed by atoms with E-state index in [1.165, 1.54) is 19.1 Å². The lowest BCUT2D eigenvalue weighted by Crippen LogP contribution is -2.60. The van der Waals surface area contributed by atoms with Crippen LogP contribution in [0.1, 0.15) is 53.7 Å². The first-order valence-electron chi connectivity index (χ1n) is 14.5. The second-order valence-electron chi connectivity index (χ2n) is 11.7. The maximum absolute atomic E-state index is 13.5. The fourth-order valence-electron chi connectivity index (χ4n) is 5.61. The van der Waals surface area contributed by atoms with Gasteiger partial charge in [-0.25, -0.2) is 4.79 Å². The summed E-state index contributed by atoms with van der Waals surface area (Å²) in [4.78, 5) is 13.3. The van der Waals surface area contributed by atoms with Gasteiger partial charge in [-0.05, 0) is 68.1 Å². The third-order valence-electron chi connectivity index (χ3n) is 8.53. The van der Waals surface area contributed by atoms with Crippen molar-refractivity contribution >= 4 is 10.0 Å². The molecule has 1 saturated heterocycles. The fourth-order valence-corrected chi connectivity index (χ4v) is 6.75. The molecule has 1 aliphatic rings. The summed E-state index contributed by atoms with van der Waals surface area (Å²) in [5.41, 5.74) is -5.60. The van der Waals surface area contributed by atoms with Gasteiger partial charge in [0.25, 0.3) is 10.0 Å². The molecule has 254 valence electrons. The Morgan fingerprint density at radius 3 is 2.10 bits per heavy atom. The minimum Gasteiger partial charge on any atom is -0.372 e. The maximum atomic E-state index is 13.5. The minimum absolute atomic E-state index is 0.0267. The number of benzene rings is 3. The maximum Gasteiger partial charge on any atom is 0.416 e. The first-order chi connectivity index (χ1) is 22.4. The quantitative estimate of drug-likeness (QED) is 0.228. The number of hydrogen-bond acceptors (Lipinski definition) is 7. The largest absolute Gasteiger partial charge is 0.416 e. The normalized spacial score (nSPS) is 21.1. The molecule has 0 spiro atoms. The van der Waals surface area contributed by atoms with E-state index >= 15 is 0 Å². The summed E-state index contributed by atoms with van der Waals surface area (Å²) >= 11 is 0. The summed E-state index contributed by atoms with van der Waals surface area (Å²) in [5, 5.41) is 17.4. The highest BCUT2D eigenvalue weighted by Crippen LogP contribution is 2.40. The molecule has 9 nitrogen and oxygen atoms in total. The summed E-state index contributed by atoms with van der Waals surface area (Å²) in [7, 11) is -4.39. The molecule has 4 aromatic rings. The second kappa shape index (κ2) is 12.5.